The number of ether oxygens (including phenoxy) is 1. The molecule has 1 amide bonds. The molecule has 154 valence electrons. The molecular formula is C24H29FN2O2. The summed E-state index contributed by atoms with van der Waals surface area (Å²) >= 11 is 0. The molecule has 1 aliphatic carbocycles. The number of methoxy groups -OCH3 is 1. The fraction of sp³-hybridized carbons (Fsp3) is 0.458. The van der Waals surface area contributed by atoms with Gasteiger partial charge >= 0.3 is 0 Å². The van der Waals surface area contributed by atoms with Crippen LogP contribution in [0.25, 0.3) is 0 Å². The smallest absolute Gasteiger partial charge is 0.227 e. The zero-order valence-corrected chi connectivity index (χ0v) is 16.9. The van der Waals surface area contributed by atoms with E-state index in [-0.39, 0.29) is 17.8 Å². The maximum Gasteiger partial charge on any atom is 0.227 e. The molecule has 4 rings (SSSR count). The number of carbonyl (C=O) groups is 1. The third kappa shape index (κ3) is 4.61. The molecule has 0 spiro atoms. The lowest BCUT2D eigenvalue weighted by Crippen LogP contribution is -2.48. The van der Waals surface area contributed by atoms with Gasteiger partial charge in [-0.3, -0.25) is 4.79 Å². The monoisotopic (exact) mass is 396 g/mol. The average molecular weight is 397 g/mol. The first-order valence-corrected chi connectivity index (χ1v) is 10.5. The largest absolute Gasteiger partial charge is 0.497 e. The second-order valence-corrected chi connectivity index (χ2v) is 8.25. The van der Waals surface area contributed by atoms with E-state index in [0.29, 0.717) is 24.8 Å². The molecule has 2 aromatic rings. The standard InChI is InChI=1S/C24H29FN2O2/c1-29-21-11-7-17(8-12-21)13-24(28)27(16-18-5-9-20(25)10-6-18)23-4-2-3-19-14-26-15-22(19)23/h5-12,19,22-23,26H,2-4,13-16H2,1H3. The van der Waals surface area contributed by atoms with Crippen LogP contribution >= 0.6 is 0 Å². The van der Waals surface area contributed by atoms with Gasteiger partial charge in [0.1, 0.15) is 11.6 Å². The maximum absolute atomic E-state index is 13.4. The SMILES string of the molecule is COc1ccc(CC(=O)N(Cc2ccc(F)cc2)C2CCCC3CNCC32)cc1. The molecule has 29 heavy (non-hydrogen) atoms. The van der Waals surface area contributed by atoms with Crippen LogP contribution in [-0.4, -0.2) is 37.0 Å². The molecular weight excluding hydrogens is 367 g/mol. The summed E-state index contributed by atoms with van der Waals surface area (Å²) in [5.74, 6) is 1.83. The number of nitrogens with one attached hydrogen (secondary N) is 1. The van der Waals surface area contributed by atoms with E-state index in [9.17, 15) is 9.18 Å². The Kier molecular flexibility index (Phi) is 6.14. The second kappa shape index (κ2) is 8.95. The van der Waals surface area contributed by atoms with Gasteiger partial charge in [-0.25, -0.2) is 4.39 Å². The molecule has 3 atom stereocenters. The maximum atomic E-state index is 13.4. The lowest BCUT2D eigenvalue weighted by atomic mass is 9.77. The topological polar surface area (TPSA) is 41.6 Å². The summed E-state index contributed by atoms with van der Waals surface area (Å²) in [4.78, 5) is 15.5. The molecule has 4 nitrogen and oxygen atoms in total. The molecule has 1 aliphatic heterocycles. The van der Waals surface area contributed by atoms with Crippen molar-refractivity contribution in [2.75, 3.05) is 20.2 Å². The Morgan fingerprint density at radius 3 is 2.52 bits per heavy atom. The van der Waals surface area contributed by atoms with Crippen LogP contribution in [0.3, 0.4) is 0 Å². The molecule has 5 heteroatoms. The van der Waals surface area contributed by atoms with Crippen molar-refractivity contribution in [3.05, 3.63) is 65.5 Å². The molecule has 0 radical (unpaired) electrons. The van der Waals surface area contributed by atoms with Gasteiger partial charge in [0.25, 0.3) is 0 Å². The third-order valence-electron chi connectivity index (χ3n) is 6.46. The van der Waals surface area contributed by atoms with E-state index in [4.69, 9.17) is 4.74 Å². The van der Waals surface area contributed by atoms with Crippen LogP contribution in [0.1, 0.15) is 30.4 Å². The molecule has 1 N–H and O–H groups in total. The van der Waals surface area contributed by atoms with Gasteiger partial charge in [0, 0.05) is 19.1 Å². The van der Waals surface area contributed by atoms with Gasteiger partial charge in [0.2, 0.25) is 5.91 Å². The Labute approximate surface area is 172 Å². The van der Waals surface area contributed by atoms with Crippen LogP contribution in [0.15, 0.2) is 48.5 Å². The van der Waals surface area contributed by atoms with Crippen LogP contribution in [-0.2, 0) is 17.8 Å². The first kappa shape index (κ1) is 19.9. The van der Waals surface area contributed by atoms with Gasteiger partial charge in [-0.1, -0.05) is 30.7 Å². The van der Waals surface area contributed by atoms with Crippen LogP contribution in [0.5, 0.6) is 5.75 Å². The van der Waals surface area contributed by atoms with E-state index in [0.717, 1.165) is 42.8 Å². The Bertz CT molecular complexity index is 822. The second-order valence-electron chi connectivity index (χ2n) is 8.25. The number of hydrogen-bond donors (Lipinski definition) is 1. The van der Waals surface area contributed by atoms with Crippen molar-refractivity contribution < 1.29 is 13.9 Å². The Hall–Kier alpha value is -2.40. The van der Waals surface area contributed by atoms with Crippen LogP contribution in [0.2, 0.25) is 0 Å². The van der Waals surface area contributed by atoms with Crippen molar-refractivity contribution in [1.82, 2.24) is 10.2 Å². The van der Waals surface area contributed by atoms with Crippen molar-refractivity contribution in [3.8, 4) is 5.75 Å². The summed E-state index contributed by atoms with van der Waals surface area (Å²) in [6.45, 7) is 2.56. The highest BCUT2D eigenvalue weighted by Gasteiger charge is 2.40. The minimum atomic E-state index is -0.248. The summed E-state index contributed by atoms with van der Waals surface area (Å²) in [6.07, 6.45) is 3.80. The first-order chi connectivity index (χ1) is 14.1. The van der Waals surface area contributed by atoms with Gasteiger partial charge in [0.05, 0.1) is 13.5 Å². The number of amides is 1. The van der Waals surface area contributed by atoms with E-state index < -0.39 is 0 Å². The molecule has 1 heterocycles. The number of hydrogen-bond acceptors (Lipinski definition) is 3. The molecule has 0 aromatic heterocycles. The lowest BCUT2D eigenvalue weighted by molar-refractivity contribution is -0.135. The van der Waals surface area contributed by atoms with Gasteiger partial charge in [-0.15, -0.1) is 0 Å². The van der Waals surface area contributed by atoms with Gasteiger partial charge in [-0.2, -0.15) is 0 Å². The number of rotatable bonds is 6. The van der Waals surface area contributed by atoms with Crippen molar-refractivity contribution in [2.45, 2.75) is 38.3 Å². The first-order valence-electron chi connectivity index (χ1n) is 10.5. The molecule has 2 aliphatic rings. The van der Waals surface area contributed by atoms with E-state index in [1.54, 1.807) is 19.2 Å². The highest BCUT2D eigenvalue weighted by molar-refractivity contribution is 5.79. The summed E-state index contributed by atoms with van der Waals surface area (Å²) < 4.78 is 18.6. The summed E-state index contributed by atoms with van der Waals surface area (Å²) in [7, 11) is 1.64. The summed E-state index contributed by atoms with van der Waals surface area (Å²) in [5.41, 5.74) is 1.96. The molecule has 3 unspecified atom stereocenters. The Balaban J connectivity index is 1.56. The van der Waals surface area contributed by atoms with Crippen molar-refractivity contribution in [3.63, 3.8) is 0 Å². The fourth-order valence-electron chi connectivity index (χ4n) is 4.91. The highest BCUT2D eigenvalue weighted by Crippen LogP contribution is 2.36. The predicted molar refractivity (Wildman–Crippen MR) is 111 cm³/mol. The van der Waals surface area contributed by atoms with Gasteiger partial charge in [-0.05, 0) is 66.6 Å². The number of nitrogens with zero attached hydrogens (tertiary/aromatic N) is 1. The minimum absolute atomic E-state index is 0.136. The quantitative estimate of drug-likeness (QED) is 0.808. The molecule has 1 saturated heterocycles. The molecule has 0 bridgehead atoms. The van der Waals surface area contributed by atoms with Crippen LogP contribution < -0.4 is 10.1 Å². The molecule has 2 fully saturated rings. The Morgan fingerprint density at radius 2 is 1.79 bits per heavy atom. The van der Waals surface area contributed by atoms with E-state index in [1.165, 1.54) is 18.6 Å². The zero-order chi connectivity index (χ0) is 20.2. The summed E-state index contributed by atoms with van der Waals surface area (Å²) in [6, 6.07) is 14.5. The Morgan fingerprint density at radius 1 is 1.07 bits per heavy atom. The van der Waals surface area contributed by atoms with Crippen LogP contribution in [0, 0.1) is 17.7 Å². The summed E-state index contributed by atoms with van der Waals surface area (Å²) in [5, 5.41) is 3.52. The third-order valence-corrected chi connectivity index (χ3v) is 6.46. The fourth-order valence-corrected chi connectivity index (χ4v) is 4.91. The molecule has 2 aromatic carbocycles. The van der Waals surface area contributed by atoms with Crippen LogP contribution in [0.4, 0.5) is 4.39 Å². The highest BCUT2D eigenvalue weighted by atomic mass is 19.1. The van der Waals surface area contributed by atoms with Crippen molar-refractivity contribution in [2.24, 2.45) is 11.8 Å². The minimum Gasteiger partial charge on any atom is -0.497 e. The number of halogens is 1. The predicted octanol–water partition coefficient (Wildman–Crippen LogP) is 3.79. The van der Waals surface area contributed by atoms with Gasteiger partial charge < -0.3 is 15.0 Å². The van der Waals surface area contributed by atoms with E-state index in [2.05, 4.69) is 10.2 Å². The lowest BCUT2D eigenvalue weighted by Gasteiger charge is -2.41. The molecule has 1 saturated carbocycles. The van der Waals surface area contributed by atoms with E-state index in [1.807, 2.05) is 24.3 Å². The normalized spacial score (nSPS) is 23.4. The van der Waals surface area contributed by atoms with E-state index >= 15 is 0 Å². The van der Waals surface area contributed by atoms with Gasteiger partial charge in [0.15, 0.2) is 0 Å². The van der Waals surface area contributed by atoms with Crippen molar-refractivity contribution in [1.29, 1.82) is 0 Å². The number of carbonyl (C=O) groups excluding carboxylic acids is 1. The average Bonchev–Trinajstić information content (AvgIpc) is 3.23. The number of benzene rings is 2. The number of fused-ring (bicyclic) bond motifs is 1. The van der Waals surface area contributed by atoms with Crippen molar-refractivity contribution >= 4 is 5.91 Å². The zero-order valence-electron chi connectivity index (χ0n) is 16.9.